The number of hydrogen-bond acceptors (Lipinski definition) is 3. The number of ether oxygens (including phenoxy) is 1. The number of rotatable bonds is 3. The summed E-state index contributed by atoms with van der Waals surface area (Å²) in [6, 6.07) is 11.1. The third-order valence-corrected chi connectivity index (χ3v) is 3.20. The zero-order valence-corrected chi connectivity index (χ0v) is 11.6. The molecule has 4 nitrogen and oxygen atoms in total. The SMILES string of the molecule is [B]c1cnc2c(ccn2-c2ccc(C(=O)OCC)cc2)c1. The molecule has 0 aliphatic heterocycles. The molecule has 0 saturated heterocycles. The van der Waals surface area contributed by atoms with Gasteiger partial charge in [-0.05, 0) is 37.3 Å². The van der Waals surface area contributed by atoms with E-state index in [2.05, 4.69) is 4.98 Å². The minimum atomic E-state index is -0.313. The van der Waals surface area contributed by atoms with Crippen molar-refractivity contribution >= 4 is 30.3 Å². The van der Waals surface area contributed by atoms with Crippen molar-refractivity contribution in [1.29, 1.82) is 0 Å². The number of carbonyl (C=O) groups excluding carboxylic acids is 1. The summed E-state index contributed by atoms with van der Waals surface area (Å²) in [6.45, 7) is 2.16. The van der Waals surface area contributed by atoms with Gasteiger partial charge < -0.3 is 9.30 Å². The third kappa shape index (κ3) is 2.54. The summed E-state index contributed by atoms with van der Waals surface area (Å²) in [4.78, 5) is 16.0. The molecule has 2 heterocycles. The first-order valence-corrected chi connectivity index (χ1v) is 6.69. The Morgan fingerprint density at radius 1 is 1.29 bits per heavy atom. The highest BCUT2D eigenvalue weighted by Gasteiger charge is 2.08. The van der Waals surface area contributed by atoms with E-state index in [1.54, 1.807) is 25.3 Å². The number of nitrogens with zero attached hydrogens (tertiary/aromatic N) is 2. The maximum Gasteiger partial charge on any atom is 0.338 e. The number of esters is 1. The predicted octanol–water partition coefficient (Wildman–Crippen LogP) is 2.00. The molecule has 5 heteroatoms. The molecule has 21 heavy (non-hydrogen) atoms. The van der Waals surface area contributed by atoms with Crippen LogP contribution >= 0.6 is 0 Å². The molecule has 0 fully saturated rings. The van der Waals surface area contributed by atoms with Crippen LogP contribution in [0, 0.1) is 0 Å². The maximum atomic E-state index is 11.6. The van der Waals surface area contributed by atoms with E-state index in [-0.39, 0.29) is 5.97 Å². The van der Waals surface area contributed by atoms with Crippen LogP contribution in [0.3, 0.4) is 0 Å². The summed E-state index contributed by atoms with van der Waals surface area (Å²) in [5.74, 6) is -0.313. The molecule has 102 valence electrons. The fourth-order valence-electron chi connectivity index (χ4n) is 2.22. The van der Waals surface area contributed by atoms with Gasteiger partial charge in [0.15, 0.2) is 0 Å². The number of pyridine rings is 1. The number of benzene rings is 1. The molecule has 2 aromatic heterocycles. The smallest absolute Gasteiger partial charge is 0.338 e. The van der Waals surface area contributed by atoms with E-state index >= 15 is 0 Å². The molecule has 0 amide bonds. The highest BCUT2D eigenvalue weighted by Crippen LogP contribution is 2.18. The zero-order valence-electron chi connectivity index (χ0n) is 11.6. The van der Waals surface area contributed by atoms with Crippen LogP contribution in [0.2, 0.25) is 0 Å². The monoisotopic (exact) mass is 276 g/mol. The first kappa shape index (κ1) is 13.4. The van der Waals surface area contributed by atoms with Gasteiger partial charge in [-0.25, -0.2) is 9.78 Å². The minimum absolute atomic E-state index is 0.313. The molecule has 3 aromatic rings. The van der Waals surface area contributed by atoms with Gasteiger partial charge in [-0.2, -0.15) is 0 Å². The Bertz CT molecular complexity index is 794. The van der Waals surface area contributed by atoms with E-state index < -0.39 is 0 Å². The van der Waals surface area contributed by atoms with Crippen molar-refractivity contribution in [3.63, 3.8) is 0 Å². The summed E-state index contributed by atoms with van der Waals surface area (Å²) < 4.78 is 6.92. The van der Waals surface area contributed by atoms with Crippen LogP contribution in [0.15, 0.2) is 48.8 Å². The fourth-order valence-corrected chi connectivity index (χ4v) is 2.22. The van der Waals surface area contributed by atoms with Crippen LogP contribution in [0.1, 0.15) is 17.3 Å². The minimum Gasteiger partial charge on any atom is -0.462 e. The molecule has 0 bridgehead atoms. The Kier molecular flexibility index (Phi) is 3.48. The average Bonchev–Trinajstić information content (AvgIpc) is 2.90. The number of carbonyl (C=O) groups is 1. The first-order valence-electron chi connectivity index (χ1n) is 6.69. The van der Waals surface area contributed by atoms with Crippen molar-refractivity contribution in [3.8, 4) is 5.69 Å². The van der Waals surface area contributed by atoms with E-state index in [1.807, 2.05) is 35.0 Å². The topological polar surface area (TPSA) is 44.1 Å². The molecule has 0 spiro atoms. The van der Waals surface area contributed by atoms with Crippen molar-refractivity contribution in [2.24, 2.45) is 0 Å². The normalized spacial score (nSPS) is 10.7. The zero-order chi connectivity index (χ0) is 14.8. The lowest BCUT2D eigenvalue weighted by atomic mass is 9.98. The molecular weight excluding hydrogens is 263 g/mol. The summed E-state index contributed by atoms with van der Waals surface area (Å²) >= 11 is 0. The van der Waals surface area contributed by atoms with Crippen molar-refractivity contribution in [2.75, 3.05) is 6.61 Å². The van der Waals surface area contributed by atoms with Gasteiger partial charge in [0.1, 0.15) is 13.5 Å². The Hall–Kier alpha value is -2.56. The Labute approximate surface area is 123 Å². The van der Waals surface area contributed by atoms with Crippen LogP contribution in [0.25, 0.3) is 16.7 Å². The van der Waals surface area contributed by atoms with Gasteiger partial charge >= 0.3 is 5.97 Å². The summed E-state index contributed by atoms with van der Waals surface area (Å²) in [7, 11) is 5.73. The van der Waals surface area contributed by atoms with Gasteiger partial charge in [0.2, 0.25) is 0 Å². The lowest BCUT2D eigenvalue weighted by Crippen LogP contribution is -2.05. The van der Waals surface area contributed by atoms with Crippen LogP contribution < -0.4 is 5.46 Å². The second-order valence-electron chi connectivity index (χ2n) is 4.63. The molecular formula is C16H13BN2O2. The van der Waals surface area contributed by atoms with Crippen LogP contribution in [-0.4, -0.2) is 30.0 Å². The standard InChI is InChI=1S/C16H13BN2O2/c1-2-21-16(20)11-3-5-14(6-4-11)19-8-7-12-9-13(17)10-18-15(12)19/h3-10H,2H2,1H3. The molecule has 0 aliphatic carbocycles. The Morgan fingerprint density at radius 3 is 2.76 bits per heavy atom. The van der Waals surface area contributed by atoms with E-state index in [1.165, 1.54) is 0 Å². The molecule has 0 unspecified atom stereocenters. The average molecular weight is 276 g/mol. The number of hydrogen-bond donors (Lipinski definition) is 0. The number of aromatic nitrogens is 2. The lowest BCUT2D eigenvalue weighted by molar-refractivity contribution is 0.0526. The maximum absolute atomic E-state index is 11.6. The van der Waals surface area contributed by atoms with Crippen LogP contribution in [-0.2, 0) is 4.74 Å². The molecule has 0 saturated carbocycles. The highest BCUT2D eigenvalue weighted by molar-refractivity contribution is 6.32. The Balaban J connectivity index is 1.97. The predicted molar refractivity (Wildman–Crippen MR) is 82.4 cm³/mol. The molecule has 2 radical (unpaired) electrons. The van der Waals surface area contributed by atoms with E-state index in [0.717, 1.165) is 16.7 Å². The number of fused-ring (bicyclic) bond motifs is 1. The van der Waals surface area contributed by atoms with Gasteiger partial charge in [-0.15, -0.1) is 0 Å². The second kappa shape index (κ2) is 5.44. The first-order chi connectivity index (χ1) is 10.2. The van der Waals surface area contributed by atoms with Gasteiger partial charge in [0.05, 0.1) is 12.2 Å². The third-order valence-electron chi connectivity index (χ3n) is 3.20. The largest absolute Gasteiger partial charge is 0.462 e. The van der Waals surface area contributed by atoms with Gasteiger partial charge in [-0.3, -0.25) is 0 Å². The van der Waals surface area contributed by atoms with Crippen LogP contribution in [0.4, 0.5) is 0 Å². The van der Waals surface area contributed by atoms with Gasteiger partial charge in [0.25, 0.3) is 0 Å². The summed E-state index contributed by atoms with van der Waals surface area (Å²) in [6.07, 6.45) is 3.56. The fraction of sp³-hybridized carbons (Fsp3) is 0.125. The van der Waals surface area contributed by atoms with Crippen molar-refractivity contribution in [3.05, 3.63) is 54.4 Å². The molecule has 0 atom stereocenters. The summed E-state index contributed by atoms with van der Waals surface area (Å²) in [5, 5.41) is 0.976. The second-order valence-corrected chi connectivity index (χ2v) is 4.63. The molecule has 3 rings (SSSR count). The molecule has 1 aromatic carbocycles. The molecule has 0 N–H and O–H groups in total. The van der Waals surface area contributed by atoms with Crippen LogP contribution in [0.5, 0.6) is 0 Å². The van der Waals surface area contributed by atoms with Crippen molar-refractivity contribution in [1.82, 2.24) is 9.55 Å². The lowest BCUT2D eigenvalue weighted by Gasteiger charge is -2.06. The van der Waals surface area contributed by atoms with Gasteiger partial charge in [-0.1, -0.05) is 11.5 Å². The van der Waals surface area contributed by atoms with E-state index in [0.29, 0.717) is 17.6 Å². The van der Waals surface area contributed by atoms with Crippen molar-refractivity contribution in [2.45, 2.75) is 6.92 Å². The van der Waals surface area contributed by atoms with E-state index in [4.69, 9.17) is 12.6 Å². The van der Waals surface area contributed by atoms with Gasteiger partial charge in [0, 0.05) is 23.5 Å². The Morgan fingerprint density at radius 2 is 2.05 bits per heavy atom. The van der Waals surface area contributed by atoms with E-state index in [9.17, 15) is 4.79 Å². The molecule has 0 aliphatic rings. The summed E-state index contributed by atoms with van der Waals surface area (Å²) in [5.41, 5.74) is 2.93. The quantitative estimate of drug-likeness (QED) is 0.543. The van der Waals surface area contributed by atoms with Crippen molar-refractivity contribution < 1.29 is 9.53 Å². The highest BCUT2D eigenvalue weighted by atomic mass is 16.5.